The van der Waals surface area contributed by atoms with Crippen molar-refractivity contribution in [3.63, 3.8) is 0 Å². The molecule has 1 aromatic rings. The first kappa shape index (κ1) is 15.3. The number of nitrogen functional groups attached to an aromatic ring is 1. The molecule has 5 heteroatoms. The lowest BCUT2D eigenvalue weighted by Crippen LogP contribution is -2.45. The fraction of sp³-hybridized carbons (Fsp3) is 0.500. The minimum Gasteiger partial charge on any atom is -0.399 e. The van der Waals surface area contributed by atoms with Crippen LogP contribution < -0.4 is 10.6 Å². The molecule has 0 spiro atoms. The van der Waals surface area contributed by atoms with E-state index in [1.54, 1.807) is 32.3 Å². The van der Waals surface area contributed by atoms with Gasteiger partial charge in [0.05, 0.1) is 23.4 Å². The van der Waals surface area contributed by atoms with E-state index in [2.05, 4.69) is 0 Å². The van der Waals surface area contributed by atoms with Gasteiger partial charge >= 0.3 is 0 Å². The number of likely N-dealkylation sites (N-methyl/N-ethyl adjacent to an activating group) is 1. The van der Waals surface area contributed by atoms with Gasteiger partial charge in [-0.2, -0.15) is 0 Å². The van der Waals surface area contributed by atoms with Crippen molar-refractivity contribution >= 4 is 17.3 Å². The van der Waals surface area contributed by atoms with Gasteiger partial charge in [0.25, 0.3) is 5.91 Å². The number of nitrogens with zero attached hydrogens (tertiary/aromatic N) is 2. The van der Waals surface area contributed by atoms with Crippen LogP contribution in [-0.2, 0) is 0 Å². The van der Waals surface area contributed by atoms with Crippen molar-refractivity contribution in [1.82, 2.24) is 4.90 Å². The Balaban J connectivity index is 3.33. The molecular formula is C14H23N3O2. The van der Waals surface area contributed by atoms with Gasteiger partial charge in [0.1, 0.15) is 0 Å². The van der Waals surface area contributed by atoms with Crippen LogP contribution in [0.4, 0.5) is 11.4 Å². The van der Waals surface area contributed by atoms with Crippen molar-refractivity contribution in [1.29, 1.82) is 0 Å². The topological polar surface area (TPSA) is 69.8 Å². The molecule has 0 radical (unpaired) electrons. The molecule has 106 valence electrons. The molecule has 0 aliphatic heterocycles. The third-order valence-electron chi connectivity index (χ3n) is 3.31. The van der Waals surface area contributed by atoms with E-state index in [1.807, 2.05) is 25.8 Å². The highest BCUT2D eigenvalue weighted by Crippen LogP contribution is 2.28. The van der Waals surface area contributed by atoms with Gasteiger partial charge in [-0.3, -0.25) is 4.79 Å². The number of rotatable bonds is 4. The van der Waals surface area contributed by atoms with Crippen LogP contribution in [0.25, 0.3) is 0 Å². The van der Waals surface area contributed by atoms with Crippen LogP contribution in [-0.4, -0.2) is 49.2 Å². The Morgan fingerprint density at radius 2 is 1.89 bits per heavy atom. The zero-order valence-corrected chi connectivity index (χ0v) is 12.3. The molecule has 5 nitrogen and oxygen atoms in total. The molecule has 0 aliphatic rings. The number of aliphatic hydroxyl groups excluding tert-OH is 1. The SMILES string of the molecule is CN(C)C(=O)c1ccc(N)cc1N(C)C(C)(C)CO. The van der Waals surface area contributed by atoms with Crippen molar-refractivity contribution in [2.45, 2.75) is 19.4 Å². The number of amides is 1. The van der Waals surface area contributed by atoms with Gasteiger partial charge < -0.3 is 20.6 Å². The maximum absolute atomic E-state index is 12.2. The Morgan fingerprint density at radius 3 is 2.37 bits per heavy atom. The number of benzene rings is 1. The second kappa shape index (κ2) is 5.48. The monoisotopic (exact) mass is 265 g/mol. The van der Waals surface area contributed by atoms with Gasteiger partial charge in [0, 0.05) is 26.8 Å². The van der Waals surface area contributed by atoms with Crippen LogP contribution in [0.1, 0.15) is 24.2 Å². The highest BCUT2D eigenvalue weighted by molar-refractivity contribution is 6.00. The molecular weight excluding hydrogens is 242 g/mol. The highest BCUT2D eigenvalue weighted by Gasteiger charge is 2.26. The van der Waals surface area contributed by atoms with Crippen LogP contribution in [0.2, 0.25) is 0 Å². The molecule has 0 atom stereocenters. The molecule has 0 aliphatic carbocycles. The second-order valence-corrected chi connectivity index (χ2v) is 5.51. The fourth-order valence-electron chi connectivity index (χ4n) is 1.68. The highest BCUT2D eigenvalue weighted by atomic mass is 16.3. The maximum atomic E-state index is 12.2. The summed E-state index contributed by atoms with van der Waals surface area (Å²) in [6, 6.07) is 5.19. The molecule has 0 saturated heterocycles. The number of hydrogen-bond acceptors (Lipinski definition) is 4. The zero-order chi connectivity index (χ0) is 14.8. The molecule has 0 bridgehead atoms. The average Bonchev–Trinajstić information content (AvgIpc) is 2.36. The van der Waals surface area contributed by atoms with Crippen LogP contribution >= 0.6 is 0 Å². The molecule has 0 saturated carbocycles. The molecule has 19 heavy (non-hydrogen) atoms. The van der Waals surface area contributed by atoms with Crippen molar-refractivity contribution < 1.29 is 9.90 Å². The molecule has 3 N–H and O–H groups in total. The Morgan fingerprint density at radius 1 is 1.32 bits per heavy atom. The summed E-state index contributed by atoms with van der Waals surface area (Å²) >= 11 is 0. The lowest BCUT2D eigenvalue weighted by molar-refractivity contribution is 0.0827. The molecule has 0 heterocycles. The van der Waals surface area contributed by atoms with Crippen LogP contribution in [0.3, 0.4) is 0 Å². The number of nitrogens with two attached hydrogens (primary N) is 1. The summed E-state index contributed by atoms with van der Waals surface area (Å²) in [6.45, 7) is 3.79. The van der Waals surface area contributed by atoms with Gasteiger partial charge in [0.2, 0.25) is 0 Å². The summed E-state index contributed by atoms with van der Waals surface area (Å²) < 4.78 is 0. The van der Waals surface area contributed by atoms with E-state index < -0.39 is 5.54 Å². The minimum absolute atomic E-state index is 0.0199. The first-order chi connectivity index (χ1) is 8.70. The van der Waals surface area contributed by atoms with Crippen molar-refractivity contribution in [2.75, 3.05) is 38.4 Å². The summed E-state index contributed by atoms with van der Waals surface area (Å²) in [7, 11) is 5.26. The molecule has 0 aromatic heterocycles. The Kier molecular flexibility index (Phi) is 4.42. The summed E-state index contributed by atoms with van der Waals surface area (Å²) in [5.41, 5.74) is 7.22. The predicted molar refractivity (Wildman–Crippen MR) is 78.4 cm³/mol. The van der Waals surface area contributed by atoms with Crippen LogP contribution in [0.15, 0.2) is 18.2 Å². The van der Waals surface area contributed by atoms with Crippen LogP contribution in [0.5, 0.6) is 0 Å². The van der Waals surface area contributed by atoms with Gasteiger partial charge in [-0.25, -0.2) is 0 Å². The summed E-state index contributed by atoms with van der Waals surface area (Å²) in [4.78, 5) is 15.6. The molecule has 1 aromatic carbocycles. The largest absolute Gasteiger partial charge is 0.399 e. The van der Waals surface area contributed by atoms with Crippen molar-refractivity contribution in [2.24, 2.45) is 0 Å². The third kappa shape index (κ3) is 3.17. The van der Waals surface area contributed by atoms with E-state index in [-0.39, 0.29) is 12.5 Å². The third-order valence-corrected chi connectivity index (χ3v) is 3.31. The first-order valence-electron chi connectivity index (χ1n) is 6.16. The zero-order valence-electron chi connectivity index (χ0n) is 12.3. The summed E-state index contributed by atoms with van der Waals surface area (Å²) in [6.07, 6.45) is 0. The van der Waals surface area contributed by atoms with Gasteiger partial charge in [-0.15, -0.1) is 0 Å². The van der Waals surface area contributed by atoms with E-state index in [0.717, 1.165) is 5.69 Å². The first-order valence-corrected chi connectivity index (χ1v) is 6.16. The lowest BCUT2D eigenvalue weighted by Gasteiger charge is -2.37. The van der Waals surface area contributed by atoms with Gasteiger partial charge in [-0.05, 0) is 32.0 Å². The molecule has 0 fully saturated rings. The van der Waals surface area contributed by atoms with Gasteiger partial charge in [-0.1, -0.05) is 0 Å². The van der Waals surface area contributed by atoms with E-state index >= 15 is 0 Å². The number of hydrogen-bond donors (Lipinski definition) is 2. The number of aliphatic hydroxyl groups is 1. The predicted octanol–water partition coefficient (Wildman–Crippen LogP) is 1.18. The van der Waals surface area contributed by atoms with E-state index in [4.69, 9.17) is 5.73 Å². The molecule has 1 amide bonds. The Hall–Kier alpha value is -1.75. The number of carbonyl (C=O) groups is 1. The van der Waals surface area contributed by atoms with Gasteiger partial charge in [0.15, 0.2) is 0 Å². The normalized spacial score (nSPS) is 11.3. The van der Waals surface area contributed by atoms with E-state index in [1.165, 1.54) is 4.90 Å². The minimum atomic E-state index is -0.477. The standard InChI is InChI=1S/C14H23N3O2/c1-14(2,9-18)17(5)12-8-10(15)6-7-11(12)13(19)16(3)4/h6-8,18H,9,15H2,1-5H3. The lowest BCUT2D eigenvalue weighted by atomic mass is 10.0. The van der Waals surface area contributed by atoms with Crippen molar-refractivity contribution in [3.8, 4) is 0 Å². The summed E-state index contributed by atoms with van der Waals surface area (Å²) in [5.74, 6) is -0.0874. The van der Waals surface area contributed by atoms with Crippen molar-refractivity contribution in [3.05, 3.63) is 23.8 Å². The number of anilines is 2. The smallest absolute Gasteiger partial charge is 0.255 e. The Bertz CT molecular complexity index is 470. The molecule has 1 rings (SSSR count). The molecule has 0 unspecified atom stereocenters. The summed E-state index contributed by atoms with van der Waals surface area (Å²) in [5, 5.41) is 9.47. The maximum Gasteiger partial charge on any atom is 0.255 e. The second-order valence-electron chi connectivity index (χ2n) is 5.51. The van der Waals surface area contributed by atoms with Crippen LogP contribution in [0, 0.1) is 0 Å². The average molecular weight is 265 g/mol. The fourth-order valence-corrected chi connectivity index (χ4v) is 1.68. The number of carbonyl (C=O) groups excluding carboxylic acids is 1. The Labute approximate surface area is 114 Å². The van der Waals surface area contributed by atoms with E-state index in [9.17, 15) is 9.90 Å². The van der Waals surface area contributed by atoms with E-state index in [0.29, 0.717) is 11.3 Å². The quantitative estimate of drug-likeness (QED) is 0.802.